The number of carboxylic acid groups (broad SMARTS) is 1. The van der Waals surface area contributed by atoms with Crippen molar-refractivity contribution >= 4 is 17.4 Å². The average Bonchev–Trinajstić information content (AvgIpc) is 2.82. The minimum Gasteiger partial charge on any atom is -0.481 e. The lowest BCUT2D eigenvalue weighted by Crippen LogP contribution is -2.18. The van der Waals surface area contributed by atoms with Gasteiger partial charge in [-0.05, 0) is 80.9 Å². The fourth-order valence-corrected chi connectivity index (χ4v) is 5.28. The molecular formula is C29H36N2O2. The van der Waals surface area contributed by atoms with Gasteiger partial charge < -0.3 is 5.11 Å². The lowest BCUT2D eigenvalue weighted by Gasteiger charge is -2.28. The van der Waals surface area contributed by atoms with E-state index in [0.717, 1.165) is 49.9 Å². The van der Waals surface area contributed by atoms with Crippen molar-refractivity contribution in [3.63, 3.8) is 0 Å². The molecule has 1 N–H and O–H groups in total. The first-order valence-corrected chi connectivity index (χ1v) is 12.4. The van der Waals surface area contributed by atoms with Crippen LogP contribution in [0, 0.1) is 11.8 Å². The summed E-state index contributed by atoms with van der Waals surface area (Å²) in [6, 6.07) is 9.13. The van der Waals surface area contributed by atoms with Gasteiger partial charge in [0.25, 0.3) is 0 Å². The number of aliphatic imine (C=N–C) groups is 2. The molecule has 0 saturated heterocycles. The maximum atomic E-state index is 11.0. The molecule has 1 saturated carbocycles. The summed E-state index contributed by atoms with van der Waals surface area (Å²) in [5.74, 6) is 0.665. The summed E-state index contributed by atoms with van der Waals surface area (Å²) in [5.41, 5.74) is 7.34. The summed E-state index contributed by atoms with van der Waals surface area (Å²) in [4.78, 5) is 20.7. The molecule has 33 heavy (non-hydrogen) atoms. The minimum absolute atomic E-state index is 0.216. The Hall–Kier alpha value is -2.75. The van der Waals surface area contributed by atoms with Crippen LogP contribution in [0.25, 0.3) is 0 Å². The lowest BCUT2D eigenvalue weighted by molar-refractivity contribution is -0.138. The van der Waals surface area contributed by atoms with Crippen molar-refractivity contribution < 1.29 is 9.90 Å². The molecule has 0 radical (unpaired) electrons. The van der Waals surface area contributed by atoms with E-state index in [-0.39, 0.29) is 6.04 Å². The van der Waals surface area contributed by atoms with E-state index in [1.807, 2.05) is 6.20 Å². The first kappa shape index (κ1) is 23.4. The smallest absolute Gasteiger partial charge is 0.303 e. The first-order chi connectivity index (χ1) is 15.9. The molecule has 3 aliphatic rings. The second-order valence-corrected chi connectivity index (χ2v) is 10.0. The van der Waals surface area contributed by atoms with Gasteiger partial charge in [-0.2, -0.15) is 0 Å². The lowest BCUT2D eigenvalue weighted by atomic mass is 9.77. The summed E-state index contributed by atoms with van der Waals surface area (Å²) >= 11 is 0. The van der Waals surface area contributed by atoms with Gasteiger partial charge in [-0.25, -0.2) is 0 Å². The van der Waals surface area contributed by atoms with E-state index in [9.17, 15) is 4.79 Å². The maximum absolute atomic E-state index is 11.0. The molecule has 174 valence electrons. The van der Waals surface area contributed by atoms with E-state index in [1.54, 1.807) is 0 Å². The van der Waals surface area contributed by atoms with Crippen molar-refractivity contribution in [2.45, 2.75) is 77.7 Å². The molecule has 1 aromatic carbocycles. The summed E-state index contributed by atoms with van der Waals surface area (Å²) in [6.07, 6.45) is 15.1. The van der Waals surface area contributed by atoms with Gasteiger partial charge in [0, 0.05) is 30.0 Å². The Bertz CT molecular complexity index is 1020. The number of benzene rings is 1. The Morgan fingerprint density at radius 2 is 1.85 bits per heavy atom. The zero-order valence-corrected chi connectivity index (χ0v) is 20.1. The highest BCUT2D eigenvalue weighted by molar-refractivity contribution is 6.05. The molecule has 4 nitrogen and oxygen atoms in total. The first-order valence-electron chi connectivity index (χ1n) is 12.4. The molecule has 0 amide bonds. The van der Waals surface area contributed by atoms with Crippen molar-refractivity contribution in [2.75, 3.05) is 0 Å². The normalized spacial score (nSPS) is 28.1. The zero-order valence-electron chi connectivity index (χ0n) is 20.1. The highest BCUT2D eigenvalue weighted by atomic mass is 16.4. The molecule has 0 spiro atoms. The fraction of sp³-hybridized carbons (Fsp3) is 0.483. The van der Waals surface area contributed by atoms with Crippen LogP contribution < -0.4 is 0 Å². The van der Waals surface area contributed by atoms with Crippen molar-refractivity contribution in [1.29, 1.82) is 0 Å². The number of nitrogens with zero attached hydrogens (tertiary/aromatic N) is 2. The van der Waals surface area contributed by atoms with Crippen molar-refractivity contribution in [3.05, 3.63) is 71.0 Å². The molecule has 1 fully saturated rings. The molecule has 0 aromatic heterocycles. The molecule has 4 heteroatoms. The van der Waals surface area contributed by atoms with Crippen molar-refractivity contribution in [2.24, 2.45) is 21.8 Å². The van der Waals surface area contributed by atoms with Gasteiger partial charge in [0.2, 0.25) is 0 Å². The van der Waals surface area contributed by atoms with E-state index >= 15 is 0 Å². The Morgan fingerprint density at radius 3 is 2.48 bits per heavy atom. The van der Waals surface area contributed by atoms with Gasteiger partial charge in [-0.3, -0.25) is 14.8 Å². The quantitative estimate of drug-likeness (QED) is 0.486. The molecule has 1 aromatic rings. The topological polar surface area (TPSA) is 62.0 Å². The van der Waals surface area contributed by atoms with Crippen LogP contribution in [0.3, 0.4) is 0 Å². The van der Waals surface area contributed by atoms with E-state index in [0.29, 0.717) is 24.2 Å². The molecule has 1 aliphatic heterocycles. The number of hydrogen-bond donors (Lipinski definition) is 1. The molecule has 0 bridgehead atoms. The number of carbonyl (C=O) groups is 1. The average molecular weight is 445 g/mol. The molecule has 4 rings (SSSR count). The van der Waals surface area contributed by atoms with Gasteiger partial charge in [0.05, 0.1) is 6.04 Å². The standard InChI is InChI=1S/C29H36N2O2/c1-19-4-5-20(2)28(16-19)31-21(3)26-14-15-27(30-18-26)25-12-10-24(11-13-25)23-8-6-22(7-9-23)17-29(32)33/h4-5,10-13,16,18,20,22-23,28H,6-9,14-15,17H2,1-3H3,(H,32,33)/b31-21+. The Labute approximate surface area is 197 Å². The predicted molar refractivity (Wildman–Crippen MR) is 136 cm³/mol. The van der Waals surface area contributed by atoms with Crippen LogP contribution in [-0.2, 0) is 4.79 Å². The maximum Gasteiger partial charge on any atom is 0.303 e. The second kappa shape index (κ2) is 10.5. The van der Waals surface area contributed by atoms with Gasteiger partial charge in [0.15, 0.2) is 0 Å². The largest absolute Gasteiger partial charge is 0.481 e. The van der Waals surface area contributed by atoms with Gasteiger partial charge in [-0.1, -0.05) is 55.0 Å². The minimum atomic E-state index is -0.664. The van der Waals surface area contributed by atoms with Gasteiger partial charge >= 0.3 is 5.97 Å². The Kier molecular flexibility index (Phi) is 7.42. The number of aliphatic carboxylic acids is 1. The molecule has 2 unspecified atom stereocenters. The third-order valence-electron chi connectivity index (χ3n) is 7.48. The molecule has 1 heterocycles. The van der Waals surface area contributed by atoms with Crippen LogP contribution in [0.15, 0.2) is 69.8 Å². The van der Waals surface area contributed by atoms with Crippen LogP contribution >= 0.6 is 0 Å². The number of allylic oxidation sites excluding steroid dienone is 3. The monoisotopic (exact) mass is 444 g/mol. The number of rotatable bonds is 6. The number of hydrogen-bond acceptors (Lipinski definition) is 3. The van der Waals surface area contributed by atoms with E-state index in [1.165, 1.54) is 22.3 Å². The second-order valence-electron chi connectivity index (χ2n) is 10.0. The Morgan fingerprint density at radius 1 is 1.12 bits per heavy atom. The summed E-state index contributed by atoms with van der Waals surface area (Å²) < 4.78 is 0. The Balaban J connectivity index is 1.38. The zero-order chi connectivity index (χ0) is 23.4. The highest BCUT2D eigenvalue weighted by Gasteiger charge is 2.24. The van der Waals surface area contributed by atoms with Crippen molar-refractivity contribution in [3.8, 4) is 0 Å². The molecule has 2 atom stereocenters. The van der Waals surface area contributed by atoms with Crippen LogP contribution in [0.5, 0.6) is 0 Å². The SMILES string of the molecule is CC1=CC(/N=C(\C)C2=CN=C(c3ccc(C4CCC(CC(=O)O)CC4)cc3)CC2)C(C)C=C1. The van der Waals surface area contributed by atoms with Crippen LogP contribution in [0.4, 0.5) is 0 Å². The summed E-state index contributed by atoms with van der Waals surface area (Å²) in [5, 5.41) is 9.02. The summed E-state index contributed by atoms with van der Waals surface area (Å²) in [6.45, 7) is 6.46. The highest BCUT2D eigenvalue weighted by Crippen LogP contribution is 2.37. The molecule has 2 aliphatic carbocycles. The van der Waals surface area contributed by atoms with Crippen LogP contribution in [-0.4, -0.2) is 28.5 Å². The van der Waals surface area contributed by atoms with Crippen LogP contribution in [0.1, 0.15) is 82.8 Å². The van der Waals surface area contributed by atoms with Gasteiger partial charge in [0.1, 0.15) is 0 Å². The summed E-state index contributed by atoms with van der Waals surface area (Å²) in [7, 11) is 0. The predicted octanol–water partition coefficient (Wildman–Crippen LogP) is 6.88. The number of carboxylic acids is 1. The van der Waals surface area contributed by atoms with E-state index < -0.39 is 5.97 Å². The third kappa shape index (κ3) is 5.98. The van der Waals surface area contributed by atoms with E-state index in [2.05, 4.69) is 63.3 Å². The van der Waals surface area contributed by atoms with Gasteiger partial charge in [-0.15, -0.1) is 0 Å². The van der Waals surface area contributed by atoms with E-state index in [4.69, 9.17) is 15.1 Å². The van der Waals surface area contributed by atoms with Crippen molar-refractivity contribution in [1.82, 2.24) is 0 Å². The third-order valence-corrected chi connectivity index (χ3v) is 7.48. The molecular weight excluding hydrogens is 408 g/mol. The van der Waals surface area contributed by atoms with Crippen LogP contribution in [0.2, 0.25) is 0 Å². The fourth-order valence-electron chi connectivity index (χ4n) is 5.28.